The van der Waals surface area contributed by atoms with Gasteiger partial charge in [0.05, 0.1) is 12.6 Å². The Balaban J connectivity index is 2.44. The van der Waals surface area contributed by atoms with Gasteiger partial charge in [0.1, 0.15) is 0 Å². The van der Waals surface area contributed by atoms with Crippen LogP contribution in [0, 0.1) is 0 Å². The van der Waals surface area contributed by atoms with E-state index in [0.717, 1.165) is 5.56 Å². The molecule has 94 valence electrons. The first-order valence-electron chi connectivity index (χ1n) is 5.60. The molecule has 0 bridgehead atoms. The minimum Gasteiger partial charge on any atom is -0.462 e. The monoisotopic (exact) mass is 255 g/mol. The van der Waals surface area contributed by atoms with E-state index in [0.29, 0.717) is 11.6 Å². The maximum atomic E-state index is 11.4. The first-order chi connectivity index (χ1) is 7.97. The Labute approximate surface area is 107 Å². The van der Waals surface area contributed by atoms with Crippen molar-refractivity contribution in [1.29, 1.82) is 0 Å². The van der Waals surface area contributed by atoms with Gasteiger partial charge in [0.15, 0.2) is 0 Å². The van der Waals surface area contributed by atoms with Crippen LogP contribution in [0.25, 0.3) is 0 Å². The number of halogens is 1. The molecule has 0 atom stereocenters. The van der Waals surface area contributed by atoms with Crippen molar-refractivity contribution in [2.75, 3.05) is 13.6 Å². The fourth-order valence-electron chi connectivity index (χ4n) is 1.52. The number of nitrogens with zero attached hydrogens (tertiary/aromatic N) is 1. The van der Waals surface area contributed by atoms with E-state index < -0.39 is 0 Å². The lowest BCUT2D eigenvalue weighted by Gasteiger charge is -2.17. The van der Waals surface area contributed by atoms with Gasteiger partial charge in [-0.15, -0.1) is 0 Å². The summed E-state index contributed by atoms with van der Waals surface area (Å²) in [5.41, 5.74) is 1.08. The molecule has 0 aliphatic heterocycles. The molecule has 0 fully saturated rings. The van der Waals surface area contributed by atoms with Crippen LogP contribution >= 0.6 is 11.6 Å². The summed E-state index contributed by atoms with van der Waals surface area (Å²) in [6.07, 6.45) is -0.0675. The first kappa shape index (κ1) is 14.0. The van der Waals surface area contributed by atoms with E-state index >= 15 is 0 Å². The zero-order valence-electron chi connectivity index (χ0n) is 10.4. The van der Waals surface area contributed by atoms with Crippen LogP contribution in [-0.4, -0.2) is 30.6 Å². The van der Waals surface area contributed by atoms with Gasteiger partial charge >= 0.3 is 5.97 Å². The number of hydrogen-bond acceptors (Lipinski definition) is 3. The largest absolute Gasteiger partial charge is 0.462 e. The number of esters is 1. The zero-order chi connectivity index (χ0) is 12.8. The molecular formula is C13H18ClNO2. The normalized spacial score (nSPS) is 10.9. The van der Waals surface area contributed by atoms with Crippen molar-refractivity contribution in [3.8, 4) is 0 Å². The second kappa shape index (κ2) is 6.62. The molecule has 1 rings (SSSR count). The van der Waals surface area contributed by atoms with Crippen LogP contribution < -0.4 is 0 Å². The van der Waals surface area contributed by atoms with Gasteiger partial charge < -0.3 is 4.74 Å². The van der Waals surface area contributed by atoms with Crippen LogP contribution in [0.15, 0.2) is 24.3 Å². The number of ether oxygens (including phenoxy) is 1. The highest BCUT2D eigenvalue weighted by molar-refractivity contribution is 6.30. The summed E-state index contributed by atoms with van der Waals surface area (Å²) in [6.45, 7) is 4.64. The summed E-state index contributed by atoms with van der Waals surface area (Å²) >= 11 is 5.89. The smallest absolute Gasteiger partial charge is 0.320 e. The number of carbonyl (C=O) groups excluding carboxylic acids is 1. The molecule has 0 saturated carbocycles. The second-order valence-corrected chi connectivity index (χ2v) is 4.78. The summed E-state index contributed by atoms with van der Waals surface area (Å²) in [6, 6.07) is 7.61. The van der Waals surface area contributed by atoms with Crippen molar-refractivity contribution in [1.82, 2.24) is 4.90 Å². The van der Waals surface area contributed by atoms with Gasteiger partial charge in [-0.3, -0.25) is 9.69 Å². The van der Waals surface area contributed by atoms with Crippen LogP contribution in [0.1, 0.15) is 19.4 Å². The molecule has 0 N–H and O–H groups in total. The van der Waals surface area contributed by atoms with E-state index in [2.05, 4.69) is 0 Å². The summed E-state index contributed by atoms with van der Waals surface area (Å²) in [5, 5.41) is 0.709. The average molecular weight is 256 g/mol. The fraction of sp³-hybridized carbons (Fsp3) is 0.462. The highest BCUT2D eigenvalue weighted by Gasteiger charge is 2.09. The van der Waals surface area contributed by atoms with E-state index in [1.54, 1.807) is 0 Å². The molecule has 0 aliphatic carbocycles. The molecule has 17 heavy (non-hydrogen) atoms. The highest BCUT2D eigenvalue weighted by atomic mass is 35.5. The Bertz CT molecular complexity index is 379. The molecule has 0 spiro atoms. The SMILES string of the molecule is CC(C)OC(=O)CN(C)Cc1cccc(Cl)c1. The van der Waals surface area contributed by atoms with Crippen LogP contribution in [0.3, 0.4) is 0 Å². The van der Waals surface area contributed by atoms with E-state index in [1.165, 1.54) is 0 Å². The molecular weight excluding hydrogens is 238 g/mol. The van der Waals surface area contributed by atoms with Gasteiger partial charge in [0.25, 0.3) is 0 Å². The Hall–Kier alpha value is -1.06. The zero-order valence-corrected chi connectivity index (χ0v) is 11.2. The van der Waals surface area contributed by atoms with Gasteiger partial charge in [-0.1, -0.05) is 23.7 Å². The van der Waals surface area contributed by atoms with Crippen LogP contribution in [0.4, 0.5) is 0 Å². The third-order valence-corrected chi connectivity index (χ3v) is 2.34. The van der Waals surface area contributed by atoms with Crippen molar-refractivity contribution in [2.24, 2.45) is 0 Å². The quantitative estimate of drug-likeness (QED) is 0.758. The van der Waals surface area contributed by atoms with Gasteiger partial charge in [-0.2, -0.15) is 0 Å². The highest BCUT2D eigenvalue weighted by Crippen LogP contribution is 2.12. The van der Waals surface area contributed by atoms with Gasteiger partial charge in [0, 0.05) is 11.6 Å². The molecule has 0 heterocycles. The topological polar surface area (TPSA) is 29.5 Å². The fourth-order valence-corrected chi connectivity index (χ4v) is 1.74. The first-order valence-corrected chi connectivity index (χ1v) is 5.97. The van der Waals surface area contributed by atoms with Gasteiger partial charge in [-0.25, -0.2) is 0 Å². The Kier molecular flexibility index (Phi) is 5.45. The number of carbonyl (C=O) groups is 1. The number of benzene rings is 1. The molecule has 0 aromatic heterocycles. The Morgan fingerprint density at radius 1 is 1.47 bits per heavy atom. The Morgan fingerprint density at radius 2 is 2.18 bits per heavy atom. The summed E-state index contributed by atoms with van der Waals surface area (Å²) in [5.74, 6) is -0.204. The molecule has 0 amide bonds. The van der Waals surface area contributed by atoms with Crippen LogP contribution in [0.2, 0.25) is 5.02 Å². The Morgan fingerprint density at radius 3 is 2.76 bits per heavy atom. The van der Waals surface area contributed by atoms with E-state index in [-0.39, 0.29) is 18.6 Å². The third-order valence-electron chi connectivity index (χ3n) is 2.11. The summed E-state index contributed by atoms with van der Waals surface area (Å²) < 4.78 is 5.08. The molecule has 0 radical (unpaired) electrons. The molecule has 4 heteroatoms. The van der Waals surface area contributed by atoms with Crippen molar-refractivity contribution in [3.63, 3.8) is 0 Å². The van der Waals surface area contributed by atoms with Crippen LogP contribution in [0.5, 0.6) is 0 Å². The lowest BCUT2D eigenvalue weighted by molar-refractivity contribution is -0.148. The lowest BCUT2D eigenvalue weighted by Crippen LogP contribution is -2.28. The second-order valence-electron chi connectivity index (χ2n) is 4.34. The number of hydrogen-bond donors (Lipinski definition) is 0. The van der Waals surface area contributed by atoms with Gasteiger partial charge in [-0.05, 0) is 38.6 Å². The predicted octanol–water partition coefficient (Wildman–Crippen LogP) is 2.72. The number of rotatable bonds is 5. The van der Waals surface area contributed by atoms with Gasteiger partial charge in [0.2, 0.25) is 0 Å². The van der Waals surface area contributed by atoms with Crippen molar-refractivity contribution < 1.29 is 9.53 Å². The molecule has 0 aliphatic rings. The van der Waals surface area contributed by atoms with Crippen molar-refractivity contribution in [3.05, 3.63) is 34.9 Å². The van der Waals surface area contributed by atoms with Crippen LogP contribution in [-0.2, 0) is 16.1 Å². The van der Waals surface area contributed by atoms with E-state index in [4.69, 9.17) is 16.3 Å². The van der Waals surface area contributed by atoms with E-state index in [9.17, 15) is 4.79 Å². The predicted molar refractivity (Wildman–Crippen MR) is 69.0 cm³/mol. The minimum atomic E-state index is -0.204. The third kappa shape index (κ3) is 5.71. The lowest BCUT2D eigenvalue weighted by atomic mass is 10.2. The number of likely N-dealkylation sites (N-methyl/N-ethyl adjacent to an activating group) is 1. The standard InChI is InChI=1S/C13H18ClNO2/c1-10(2)17-13(16)9-15(3)8-11-5-4-6-12(14)7-11/h4-7,10H,8-9H2,1-3H3. The van der Waals surface area contributed by atoms with E-state index in [1.807, 2.05) is 50.1 Å². The molecule has 3 nitrogen and oxygen atoms in total. The molecule has 1 aromatic rings. The molecule has 1 aromatic carbocycles. The maximum Gasteiger partial charge on any atom is 0.320 e. The van der Waals surface area contributed by atoms with Crippen molar-refractivity contribution in [2.45, 2.75) is 26.5 Å². The maximum absolute atomic E-state index is 11.4. The summed E-state index contributed by atoms with van der Waals surface area (Å²) in [7, 11) is 1.88. The average Bonchev–Trinajstić information content (AvgIpc) is 2.14. The summed E-state index contributed by atoms with van der Waals surface area (Å²) in [4.78, 5) is 13.3. The van der Waals surface area contributed by atoms with Crippen molar-refractivity contribution >= 4 is 17.6 Å². The minimum absolute atomic E-state index is 0.0675. The molecule has 0 saturated heterocycles. The molecule has 0 unspecified atom stereocenters.